The number of nitrogens with one attached hydrogen (secondary N) is 1. The number of para-hydroxylation sites is 1. The van der Waals surface area contributed by atoms with E-state index in [1.165, 1.54) is 11.3 Å². The number of rotatable bonds is 5. The van der Waals surface area contributed by atoms with Gasteiger partial charge in [-0.15, -0.1) is 6.42 Å². The maximum atomic E-state index is 5.37. The second-order valence-electron chi connectivity index (χ2n) is 5.79. The van der Waals surface area contributed by atoms with Crippen LogP contribution in [-0.4, -0.2) is 49.6 Å². The van der Waals surface area contributed by atoms with E-state index >= 15 is 0 Å². The van der Waals surface area contributed by atoms with Crippen LogP contribution in [-0.2, 0) is 6.54 Å². The van der Waals surface area contributed by atoms with Crippen molar-refractivity contribution >= 4 is 5.69 Å². The number of benzene rings is 1. The second kappa shape index (κ2) is 7.33. The molecule has 0 spiro atoms. The van der Waals surface area contributed by atoms with E-state index in [1.807, 2.05) is 0 Å². The third-order valence-electron chi connectivity index (χ3n) is 3.77. The minimum atomic E-state index is 0.562. The fourth-order valence-corrected chi connectivity index (χ4v) is 2.72. The summed E-state index contributed by atoms with van der Waals surface area (Å²) in [4.78, 5) is 4.56. The van der Waals surface area contributed by atoms with Crippen molar-refractivity contribution in [3.8, 4) is 12.3 Å². The Bertz CT molecular complexity index is 454. The Kier molecular flexibility index (Phi) is 5.46. The summed E-state index contributed by atoms with van der Waals surface area (Å²) in [5.41, 5.74) is 2.64. The van der Waals surface area contributed by atoms with Gasteiger partial charge in [0.2, 0.25) is 0 Å². The highest BCUT2D eigenvalue weighted by molar-refractivity contribution is 5.51. The summed E-state index contributed by atoms with van der Waals surface area (Å²) < 4.78 is 0. The molecule has 0 saturated carbocycles. The van der Waals surface area contributed by atoms with Gasteiger partial charge in [0.25, 0.3) is 0 Å². The van der Waals surface area contributed by atoms with Crippen molar-refractivity contribution in [2.24, 2.45) is 0 Å². The maximum Gasteiger partial charge on any atom is 0.0598 e. The minimum Gasteiger partial charge on any atom is -0.382 e. The first kappa shape index (κ1) is 14.9. The van der Waals surface area contributed by atoms with Crippen LogP contribution < -0.4 is 5.32 Å². The lowest BCUT2D eigenvalue weighted by Gasteiger charge is -2.32. The molecule has 0 amide bonds. The summed E-state index contributed by atoms with van der Waals surface area (Å²) in [5.74, 6) is 2.73. The van der Waals surface area contributed by atoms with E-state index in [1.54, 1.807) is 0 Å². The lowest BCUT2D eigenvalue weighted by molar-refractivity contribution is 0.243. The van der Waals surface area contributed by atoms with Crippen molar-refractivity contribution in [1.82, 2.24) is 9.80 Å². The highest BCUT2D eigenvalue weighted by Gasteiger charge is 2.18. The van der Waals surface area contributed by atoms with Crippen LogP contribution in [0.1, 0.15) is 18.4 Å². The Hall–Kier alpha value is -1.50. The zero-order valence-corrected chi connectivity index (χ0v) is 12.6. The van der Waals surface area contributed by atoms with Gasteiger partial charge < -0.3 is 10.2 Å². The van der Waals surface area contributed by atoms with Crippen LogP contribution in [0, 0.1) is 12.3 Å². The molecule has 20 heavy (non-hydrogen) atoms. The Labute approximate surface area is 123 Å². The SMILES string of the molecule is C#CCN1CCC(Nc2ccccc2CN(C)C)CC1. The van der Waals surface area contributed by atoms with Crippen LogP contribution >= 0.6 is 0 Å². The summed E-state index contributed by atoms with van der Waals surface area (Å²) in [7, 11) is 4.21. The molecule has 0 radical (unpaired) electrons. The number of nitrogens with zero attached hydrogens (tertiary/aromatic N) is 2. The third-order valence-corrected chi connectivity index (χ3v) is 3.77. The smallest absolute Gasteiger partial charge is 0.0598 e. The number of likely N-dealkylation sites (tertiary alicyclic amines) is 1. The van der Waals surface area contributed by atoms with Gasteiger partial charge in [0, 0.05) is 31.4 Å². The van der Waals surface area contributed by atoms with Gasteiger partial charge in [-0.05, 0) is 38.6 Å². The molecule has 1 aromatic rings. The van der Waals surface area contributed by atoms with E-state index in [0.29, 0.717) is 6.04 Å². The van der Waals surface area contributed by atoms with Gasteiger partial charge in [0.15, 0.2) is 0 Å². The lowest BCUT2D eigenvalue weighted by Crippen LogP contribution is -2.39. The normalized spacial score (nSPS) is 17.1. The summed E-state index contributed by atoms with van der Waals surface area (Å²) in [5, 5.41) is 3.71. The molecule has 1 aromatic carbocycles. The first-order valence-electron chi connectivity index (χ1n) is 7.34. The van der Waals surface area contributed by atoms with E-state index in [4.69, 9.17) is 6.42 Å². The van der Waals surface area contributed by atoms with Gasteiger partial charge in [-0.3, -0.25) is 4.90 Å². The molecule has 1 aliphatic heterocycles. The Morgan fingerprint density at radius 2 is 2.00 bits per heavy atom. The molecule has 0 bridgehead atoms. The standard InChI is InChI=1S/C17H25N3/c1-4-11-20-12-9-16(10-13-20)18-17-8-6-5-7-15(17)14-19(2)3/h1,5-8,16,18H,9-14H2,2-3H3. The van der Waals surface area contributed by atoms with Gasteiger partial charge in [0.1, 0.15) is 0 Å². The summed E-state index contributed by atoms with van der Waals surface area (Å²) in [6, 6.07) is 9.17. The second-order valence-corrected chi connectivity index (χ2v) is 5.79. The molecule has 3 nitrogen and oxygen atoms in total. The van der Waals surface area contributed by atoms with E-state index in [9.17, 15) is 0 Å². The summed E-state index contributed by atoms with van der Waals surface area (Å²) in [6.07, 6.45) is 7.70. The van der Waals surface area contributed by atoms with Crippen LogP contribution in [0.25, 0.3) is 0 Å². The monoisotopic (exact) mass is 271 g/mol. The number of anilines is 1. The molecule has 0 aromatic heterocycles. The number of hydrogen-bond acceptors (Lipinski definition) is 3. The van der Waals surface area contributed by atoms with Crippen molar-refractivity contribution in [3.05, 3.63) is 29.8 Å². The van der Waals surface area contributed by atoms with Crippen molar-refractivity contribution in [3.63, 3.8) is 0 Å². The number of piperidine rings is 1. The molecule has 1 fully saturated rings. The summed E-state index contributed by atoms with van der Waals surface area (Å²) in [6.45, 7) is 3.94. The van der Waals surface area contributed by atoms with Gasteiger partial charge in [-0.1, -0.05) is 24.1 Å². The molecule has 1 N–H and O–H groups in total. The Morgan fingerprint density at radius 3 is 2.65 bits per heavy atom. The van der Waals surface area contributed by atoms with Gasteiger partial charge in [0.05, 0.1) is 6.54 Å². The fourth-order valence-electron chi connectivity index (χ4n) is 2.72. The first-order valence-corrected chi connectivity index (χ1v) is 7.34. The average molecular weight is 271 g/mol. The lowest BCUT2D eigenvalue weighted by atomic mass is 10.0. The van der Waals surface area contributed by atoms with Crippen LogP contribution in [0.3, 0.4) is 0 Å². The number of hydrogen-bond donors (Lipinski definition) is 1. The Balaban J connectivity index is 1.93. The van der Waals surface area contributed by atoms with Gasteiger partial charge in [-0.2, -0.15) is 0 Å². The predicted molar refractivity (Wildman–Crippen MR) is 85.8 cm³/mol. The largest absolute Gasteiger partial charge is 0.382 e. The van der Waals surface area contributed by atoms with Crippen molar-refractivity contribution in [2.75, 3.05) is 39.0 Å². The third kappa shape index (κ3) is 4.26. The van der Waals surface area contributed by atoms with E-state index < -0.39 is 0 Å². The molecule has 2 rings (SSSR count). The van der Waals surface area contributed by atoms with E-state index in [-0.39, 0.29) is 0 Å². The highest BCUT2D eigenvalue weighted by Crippen LogP contribution is 2.21. The molecular weight excluding hydrogens is 246 g/mol. The molecule has 1 saturated heterocycles. The predicted octanol–water partition coefficient (Wildman–Crippen LogP) is 2.26. The van der Waals surface area contributed by atoms with Crippen LogP contribution in [0.2, 0.25) is 0 Å². The molecule has 3 heteroatoms. The molecule has 0 unspecified atom stereocenters. The molecule has 0 atom stereocenters. The van der Waals surface area contributed by atoms with Crippen LogP contribution in [0.5, 0.6) is 0 Å². The van der Waals surface area contributed by atoms with Crippen molar-refractivity contribution in [1.29, 1.82) is 0 Å². The fraction of sp³-hybridized carbons (Fsp3) is 0.529. The maximum absolute atomic E-state index is 5.37. The molecule has 108 valence electrons. The van der Waals surface area contributed by atoms with E-state index in [2.05, 4.69) is 59.4 Å². The zero-order chi connectivity index (χ0) is 14.4. The van der Waals surface area contributed by atoms with Crippen molar-refractivity contribution < 1.29 is 0 Å². The molecule has 0 aliphatic carbocycles. The Morgan fingerprint density at radius 1 is 1.30 bits per heavy atom. The molecular formula is C17H25N3. The summed E-state index contributed by atoms with van der Waals surface area (Å²) >= 11 is 0. The number of terminal acetylenes is 1. The quantitative estimate of drug-likeness (QED) is 0.829. The molecule has 1 heterocycles. The highest BCUT2D eigenvalue weighted by atomic mass is 15.1. The topological polar surface area (TPSA) is 18.5 Å². The van der Waals surface area contributed by atoms with E-state index in [0.717, 1.165) is 39.0 Å². The average Bonchev–Trinajstić information content (AvgIpc) is 2.43. The van der Waals surface area contributed by atoms with Crippen molar-refractivity contribution in [2.45, 2.75) is 25.4 Å². The van der Waals surface area contributed by atoms with Gasteiger partial charge >= 0.3 is 0 Å². The zero-order valence-electron chi connectivity index (χ0n) is 12.6. The molecule has 1 aliphatic rings. The van der Waals surface area contributed by atoms with Crippen LogP contribution in [0.4, 0.5) is 5.69 Å². The first-order chi connectivity index (χ1) is 9.69. The minimum absolute atomic E-state index is 0.562. The van der Waals surface area contributed by atoms with Crippen LogP contribution in [0.15, 0.2) is 24.3 Å². The van der Waals surface area contributed by atoms with Gasteiger partial charge in [-0.25, -0.2) is 0 Å².